The molecule has 0 amide bonds. The van der Waals surface area contributed by atoms with Gasteiger partial charge in [-0.05, 0) is 19.4 Å². The summed E-state index contributed by atoms with van der Waals surface area (Å²) in [6.07, 6.45) is 1.37. The Kier molecular flexibility index (Phi) is 3.73. The Morgan fingerprint density at radius 3 is 2.42 bits per heavy atom. The monoisotopic (exact) mass is 279 g/mol. The molecule has 1 atom stereocenters. The fraction of sp³-hybridized carbons (Fsp3) is 0.308. The van der Waals surface area contributed by atoms with Crippen LogP contribution in [0.4, 0.5) is 0 Å². The molecule has 5 nitrogen and oxygen atoms in total. The predicted molar refractivity (Wildman–Crippen MR) is 73.1 cm³/mol. The summed E-state index contributed by atoms with van der Waals surface area (Å²) >= 11 is 0. The molecule has 6 heteroatoms. The third-order valence-corrected chi connectivity index (χ3v) is 4.75. The van der Waals surface area contributed by atoms with E-state index in [2.05, 4.69) is 9.82 Å². The molecule has 0 saturated carbocycles. The van der Waals surface area contributed by atoms with Crippen molar-refractivity contribution in [1.29, 1.82) is 0 Å². The lowest BCUT2D eigenvalue weighted by atomic mass is 10.1. The molecule has 1 unspecified atom stereocenters. The first-order valence-electron chi connectivity index (χ1n) is 5.97. The molecule has 0 saturated heterocycles. The van der Waals surface area contributed by atoms with Crippen molar-refractivity contribution in [2.45, 2.75) is 24.8 Å². The number of aromatic nitrogens is 2. The van der Waals surface area contributed by atoms with Crippen LogP contribution in [0.3, 0.4) is 0 Å². The fourth-order valence-electron chi connectivity index (χ4n) is 1.85. The van der Waals surface area contributed by atoms with Gasteiger partial charge in [-0.3, -0.25) is 4.68 Å². The Morgan fingerprint density at radius 1 is 1.26 bits per heavy atom. The third-order valence-electron chi connectivity index (χ3n) is 3.11. The van der Waals surface area contributed by atoms with Crippen LogP contribution in [0.5, 0.6) is 0 Å². The van der Waals surface area contributed by atoms with Gasteiger partial charge in [-0.15, -0.1) is 0 Å². The van der Waals surface area contributed by atoms with Crippen molar-refractivity contribution in [3.63, 3.8) is 0 Å². The SMILES string of the molecule is Cc1c(S(=O)(=O)NC(C)c2ccccc2)cnn1C. The molecule has 0 aliphatic carbocycles. The number of hydrogen-bond acceptors (Lipinski definition) is 3. The minimum Gasteiger partial charge on any atom is -0.272 e. The molecule has 0 bridgehead atoms. The van der Waals surface area contributed by atoms with E-state index in [1.165, 1.54) is 6.20 Å². The van der Waals surface area contributed by atoms with E-state index in [4.69, 9.17) is 0 Å². The number of hydrogen-bond donors (Lipinski definition) is 1. The van der Waals surface area contributed by atoms with Gasteiger partial charge in [0.15, 0.2) is 0 Å². The fourth-order valence-corrected chi connectivity index (χ4v) is 3.28. The van der Waals surface area contributed by atoms with E-state index < -0.39 is 10.0 Å². The second-order valence-electron chi connectivity index (χ2n) is 4.47. The van der Waals surface area contributed by atoms with Gasteiger partial charge in [-0.1, -0.05) is 30.3 Å². The van der Waals surface area contributed by atoms with Crippen molar-refractivity contribution in [3.8, 4) is 0 Å². The number of nitrogens with zero attached hydrogens (tertiary/aromatic N) is 2. The van der Waals surface area contributed by atoms with Gasteiger partial charge in [0, 0.05) is 13.1 Å². The lowest BCUT2D eigenvalue weighted by Crippen LogP contribution is -2.27. The van der Waals surface area contributed by atoms with Gasteiger partial charge in [0.2, 0.25) is 10.0 Å². The molecule has 102 valence electrons. The highest BCUT2D eigenvalue weighted by atomic mass is 32.2. The molecule has 0 spiro atoms. The van der Waals surface area contributed by atoms with Crippen LogP contribution in [-0.2, 0) is 17.1 Å². The minimum absolute atomic E-state index is 0.220. The van der Waals surface area contributed by atoms with E-state index in [0.717, 1.165) is 5.56 Å². The van der Waals surface area contributed by atoms with Crippen LogP contribution in [0.2, 0.25) is 0 Å². The van der Waals surface area contributed by atoms with Crippen LogP contribution >= 0.6 is 0 Å². The maximum atomic E-state index is 12.3. The first-order chi connectivity index (χ1) is 8.92. The summed E-state index contributed by atoms with van der Waals surface area (Å²) in [6, 6.07) is 9.17. The first-order valence-corrected chi connectivity index (χ1v) is 7.46. The molecule has 2 rings (SSSR count). The molecule has 1 aromatic heterocycles. The van der Waals surface area contributed by atoms with Crippen molar-refractivity contribution >= 4 is 10.0 Å². The van der Waals surface area contributed by atoms with E-state index in [1.54, 1.807) is 18.7 Å². The van der Waals surface area contributed by atoms with Gasteiger partial charge < -0.3 is 0 Å². The van der Waals surface area contributed by atoms with Crippen LogP contribution in [-0.4, -0.2) is 18.2 Å². The van der Waals surface area contributed by atoms with Gasteiger partial charge in [-0.25, -0.2) is 13.1 Å². The van der Waals surface area contributed by atoms with Crippen LogP contribution in [0.25, 0.3) is 0 Å². The summed E-state index contributed by atoms with van der Waals surface area (Å²) in [7, 11) is -1.83. The predicted octanol–water partition coefficient (Wildman–Crippen LogP) is 1.77. The average molecular weight is 279 g/mol. The summed E-state index contributed by atoms with van der Waals surface area (Å²) in [5.74, 6) is 0. The van der Waals surface area contributed by atoms with Crippen LogP contribution in [0.1, 0.15) is 24.2 Å². The zero-order valence-electron chi connectivity index (χ0n) is 11.2. The second-order valence-corrected chi connectivity index (χ2v) is 6.15. The van der Waals surface area contributed by atoms with Gasteiger partial charge in [-0.2, -0.15) is 5.10 Å². The Balaban J connectivity index is 2.25. The van der Waals surface area contributed by atoms with Crippen molar-refractivity contribution in [3.05, 3.63) is 47.8 Å². The lowest BCUT2D eigenvalue weighted by molar-refractivity contribution is 0.566. The molecular weight excluding hydrogens is 262 g/mol. The summed E-state index contributed by atoms with van der Waals surface area (Å²) in [5.41, 5.74) is 1.54. The molecule has 1 heterocycles. The van der Waals surface area contributed by atoms with E-state index in [1.807, 2.05) is 37.3 Å². The molecular formula is C13H17N3O2S. The summed E-state index contributed by atoms with van der Waals surface area (Å²) in [6.45, 7) is 3.55. The average Bonchev–Trinajstić information content (AvgIpc) is 2.71. The molecule has 2 aromatic rings. The Labute approximate surface area is 113 Å². The third kappa shape index (κ3) is 2.85. The normalized spacial score (nSPS) is 13.4. The molecule has 1 N–H and O–H groups in total. The quantitative estimate of drug-likeness (QED) is 0.927. The summed E-state index contributed by atoms with van der Waals surface area (Å²) in [4.78, 5) is 0.220. The molecule has 0 aliphatic rings. The zero-order valence-corrected chi connectivity index (χ0v) is 12.0. The van der Waals surface area contributed by atoms with Gasteiger partial charge >= 0.3 is 0 Å². The number of nitrogens with one attached hydrogen (secondary N) is 1. The van der Waals surface area contributed by atoms with E-state index >= 15 is 0 Å². The minimum atomic E-state index is -3.55. The van der Waals surface area contributed by atoms with Gasteiger partial charge in [0.25, 0.3) is 0 Å². The topological polar surface area (TPSA) is 64.0 Å². The maximum Gasteiger partial charge on any atom is 0.244 e. The van der Waals surface area contributed by atoms with Crippen molar-refractivity contribution in [1.82, 2.24) is 14.5 Å². The Bertz CT molecular complexity index is 662. The smallest absolute Gasteiger partial charge is 0.244 e. The van der Waals surface area contributed by atoms with E-state index in [-0.39, 0.29) is 10.9 Å². The van der Waals surface area contributed by atoms with Crippen molar-refractivity contribution in [2.75, 3.05) is 0 Å². The Morgan fingerprint density at radius 2 is 1.89 bits per heavy atom. The number of rotatable bonds is 4. The zero-order chi connectivity index (χ0) is 14.0. The number of benzene rings is 1. The van der Waals surface area contributed by atoms with Crippen molar-refractivity contribution < 1.29 is 8.42 Å². The molecule has 1 aromatic carbocycles. The Hall–Kier alpha value is -1.66. The molecule has 0 aliphatic heterocycles. The summed E-state index contributed by atoms with van der Waals surface area (Å²) in [5, 5.41) is 3.96. The van der Waals surface area contributed by atoms with Gasteiger partial charge in [0.05, 0.1) is 11.9 Å². The summed E-state index contributed by atoms with van der Waals surface area (Å²) < 4.78 is 28.8. The van der Waals surface area contributed by atoms with Crippen molar-refractivity contribution in [2.24, 2.45) is 7.05 Å². The number of sulfonamides is 1. The van der Waals surface area contributed by atoms with Crippen LogP contribution < -0.4 is 4.72 Å². The van der Waals surface area contributed by atoms with Crippen LogP contribution in [0, 0.1) is 6.92 Å². The van der Waals surface area contributed by atoms with E-state index in [0.29, 0.717) is 5.69 Å². The molecule has 0 fully saturated rings. The first kappa shape index (κ1) is 13.8. The van der Waals surface area contributed by atoms with E-state index in [9.17, 15) is 8.42 Å². The van der Waals surface area contributed by atoms with Gasteiger partial charge in [0.1, 0.15) is 4.90 Å². The highest BCUT2D eigenvalue weighted by molar-refractivity contribution is 7.89. The molecule has 19 heavy (non-hydrogen) atoms. The maximum absolute atomic E-state index is 12.3. The van der Waals surface area contributed by atoms with Crippen LogP contribution in [0.15, 0.2) is 41.4 Å². The second kappa shape index (κ2) is 5.14. The molecule has 0 radical (unpaired) electrons. The standard InChI is InChI=1S/C13H17N3O2S/c1-10(12-7-5-4-6-8-12)15-19(17,18)13-9-14-16(3)11(13)2/h4-10,15H,1-3H3. The lowest BCUT2D eigenvalue weighted by Gasteiger charge is -2.14. The highest BCUT2D eigenvalue weighted by Crippen LogP contribution is 2.18. The largest absolute Gasteiger partial charge is 0.272 e. The number of aryl methyl sites for hydroxylation is 1. The highest BCUT2D eigenvalue weighted by Gasteiger charge is 2.22.